The van der Waals surface area contributed by atoms with Crippen molar-refractivity contribution in [2.45, 2.75) is 25.7 Å². The molecule has 1 aliphatic rings. The van der Waals surface area contributed by atoms with Gasteiger partial charge in [0.2, 0.25) is 16.0 Å². The molecule has 0 atom stereocenters. The topological polar surface area (TPSA) is 138 Å². The van der Waals surface area contributed by atoms with Crippen LogP contribution in [-0.2, 0) is 35.7 Å². The first-order chi connectivity index (χ1) is 16.5. The first kappa shape index (κ1) is 24.5. The summed E-state index contributed by atoms with van der Waals surface area (Å²) >= 11 is 0. The van der Waals surface area contributed by atoms with Crippen LogP contribution in [0.5, 0.6) is 0 Å². The van der Waals surface area contributed by atoms with E-state index in [0.29, 0.717) is 18.6 Å². The number of rotatable bonds is 7. The summed E-state index contributed by atoms with van der Waals surface area (Å²) in [4.78, 5) is 20.4. The monoisotopic (exact) mass is 509 g/mol. The molecule has 1 aliphatic heterocycles. The highest BCUT2D eigenvalue weighted by Gasteiger charge is 2.35. The molecule has 0 amide bonds. The van der Waals surface area contributed by atoms with Crippen LogP contribution in [0.4, 0.5) is 36.6 Å². The Bertz CT molecular complexity index is 1340. The van der Waals surface area contributed by atoms with Crippen molar-refractivity contribution in [3.63, 3.8) is 0 Å². The number of aromatic nitrogens is 5. The van der Waals surface area contributed by atoms with Crippen molar-refractivity contribution in [1.29, 1.82) is 0 Å². The minimum Gasteiger partial charge on any atom is -0.364 e. The number of pyridine rings is 1. The smallest absolute Gasteiger partial charge is 0.364 e. The van der Waals surface area contributed by atoms with E-state index < -0.39 is 27.6 Å². The highest BCUT2D eigenvalue weighted by Crippen LogP contribution is 2.34. The Balaban J connectivity index is 1.61. The third-order valence-corrected chi connectivity index (χ3v) is 6.40. The van der Waals surface area contributed by atoms with Gasteiger partial charge >= 0.3 is 6.18 Å². The molecule has 186 valence electrons. The zero-order valence-corrected chi connectivity index (χ0v) is 19.6. The fourth-order valence-electron chi connectivity index (χ4n) is 3.38. The van der Waals surface area contributed by atoms with E-state index in [4.69, 9.17) is 0 Å². The Morgan fingerprint density at radius 2 is 1.91 bits per heavy atom. The van der Waals surface area contributed by atoms with Crippen LogP contribution in [0.15, 0.2) is 30.7 Å². The number of nitrogens with zero attached hydrogens (tertiary/aromatic N) is 6. The van der Waals surface area contributed by atoms with Gasteiger partial charge in [-0.3, -0.25) is 9.29 Å². The van der Waals surface area contributed by atoms with Crippen LogP contribution >= 0.6 is 0 Å². The quantitative estimate of drug-likeness (QED) is 0.434. The Hall–Kier alpha value is -3.59. The molecule has 11 nitrogen and oxygen atoms in total. The zero-order chi connectivity index (χ0) is 25.2. The largest absolute Gasteiger partial charge is 0.421 e. The third-order valence-electron chi connectivity index (χ3n) is 5.23. The molecule has 0 saturated carbocycles. The molecule has 0 saturated heterocycles. The predicted molar refractivity (Wildman–Crippen MR) is 123 cm³/mol. The van der Waals surface area contributed by atoms with Gasteiger partial charge in [0, 0.05) is 50.8 Å². The number of anilines is 4. The lowest BCUT2D eigenvalue weighted by atomic mass is 10.1. The molecule has 3 aromatic rings. The SMILES string of the molecule is CN(c1nccnc1CNc1nc(Nc2ccc3c(n2)CCNC3)ncc1C(F)(F)F)S(C)(=O)=O. The van der Waals surface area contributed by atoms with Crippen LogP contribution in [0.25, 0.3) is 0 Å². The molecule has 0 spiro atoms. The molecule has 35 heavy (non-hydrogen) atoms. The normalized spacial score (nSPS) is 13.7. The van der Waals surface area contributed by atoms with Gasteiger partial charge < -0.3 is 16.0 Å². The number of halogens is 3. The van der Waals surface area contributed by atoms with E-state index in [1.54, 1.807) is 6.07 Å². The van der Waals surface area contributed by atoms with Gasteiger partial charge in [-0.15, -0.1) is 0 Å². The molecule has 4 heterocycles. The van der Waals surface area contributed by atoms with Gasteiger partial charge in [0.25, 0.3) is 0 Å². The molecule has 0 aliphatic carbocycles. The first-order valence-corrected chi connectivity index (χ1v) is 12.3. The first-order valence-electron chi connectivity index (χ1n) is 10.4. The lowest BCUT2D eigenvalue weighted by Crippen LogP contribution is -2.27. The molecule has 3 N–H and O–H groups in total. The maximum Gasteiger partial charge on any atom is 0.421 e. The molecule has 0 aromatic carbocycles. The standard InChI is InChI=1S/C20H22F3N9O2S/c1-32(35(2,33)34)18-15(25-7-8-26-18)11-27-17-13(20(21,22)23)10-28-19(31-17)30-16-4-3-12-9-24-6-5-14(12)29-16/h3-4,7-8,10,24H,5-6,9,11H2,1-2H3,(H2,27,28,29,30,31). The second-order valence-electron chi connectivity index (χ2n) is 7.72. The summed E-state index contributed by atoms with van der Waals surface area (Å²) in [6.07, 6.45) is 0.247. The van der Waals surface area contributed by atoms with E-state index in [1.165, 1.54) is 19.4 Å². The van der Waals surface area contributed by atoms with Gasteiger partial charge in [-0.25, -0.2) is 23.4 Å². The second kappa shape index (κ2) is 9.58. The minimum atomic E-state index is -4.73. The molecule has 0 unspecified atom stereocenters. The van der Waals surface area contributed by atoms with Gasteiger partial charge in [-0.1, -0.05) is 6.07 Å². The number of fused-ring (bicyclic) bond motifs is 1. The number of hydrogen-bond acceptors (Lipinski definition) is 10. The van der Waals surface area contributed by atoms with E-state index in [-0.39, 0.29) is 24.0 Å². The van der Waals surface area contributed by atoms with E-state index in [9.17, 15) is 21.6 Å². The van der Waals surface area contributed by atoms with Crippen molar-refractivity contribution in [2.75, 3.05) is 34.8 Å². The molecular weight excluding hydrogens is 487 g/mol. The van der Waals surface area contributed by atoms with Gasteiger partial charge in [0.15, 0.2) is 5.82 Å². The Morgan fingerprint density at radius 3 is 2.66 bits per heavy atom. The van der Waals surface area contributed by atoms with E-state index in [2.05, 4.69) is 40.9 Å². The van der Waals surface area contributed by atoms with Crippen LogP contribution in [0.2, 0.25) is 0 Å². The fourth-order valence-corrected chi connectivity index (χ4v) is 3.84. The van der Waals surface area contributed by atoms with Crippen LogP contribution in [0.1, 0.15) is 22.5 Å². The molecular formula is C20H22F3N9O2S. The third kappa shape index (κ3) is 5.74. The van der Waals surface area contributed by atoms with Crippen molar-refractivity contribution in [3.8, 4) is 0 Å². The maximum absolute atomic E-state index is 13.6. The molecule has 0 bridgehead atoms. The summed E-state index contributed by atoms with van der Waals surface area (Å²) < 4.78 is 65.5. The molecule has 3 aromatic heterocycles. The summed E-state index contributed by atoms with van der Waals surface area (Å²) in [7, 11) is -2.39. The van der Waals surface area contributed by atoms with Crippen molar-refractivity contribution in [2.24, 2.45) is 0 Å². The van der Waals surface area contributed by atoms with Crippen molar-refractivity contribution >= 4 is 33.4 Å². The molecule has 0 radical (unpaired) electrons. The Morgan fingerprint density at radius 1 is 1.14 bits per heavy atom. The lowest BCUT2D eigenvalue weighted by Gasteiger charge is -2.19. The summed E-state index contributed by atoms with van der Waals surface area (Å²) in [6.45, 7) is 1.21. The summed E-state index contributed by atoms with van der Waals surface area (Å²) in [6, 6.07) is 3.58. The summed E-state index contributed by atoms with van der Waals surface area (Å²) in [5, 5.41) is 8.68. The van der Waals surface area contributed by atoms with E-state index in [1.807, 2.05) is 6.07 Å². The van der Waals surface area contributed by atoms with Crippen LogP contribution in [0, 0.1) is 0 Å². The second-order valence-corrected chi connectivity index (χ2v) is 9.73. The van der Waals surface area contributed by atoms with Gasteiger partial charge in [0.05, 0.1) is 12.8 Å². The van der Waals surface area contributed by atoms with E-state index in [0.717, 1.165) is 34.8 Å². The van der Waals surface area contributed by atoms with Crippen LogP contribution in [-0.4, -0.2) is 53.2 Å². The maximum atomic E-state index is 13.6. The van der Waals surface area contributed by atoms with Gasteiger partial charge in [0.1, 0.15) is 22.9 Å². The van der Waals surface area contributed by atoms with Crippen LogP contribution < -0.4 is 20.3 Å². The summed E-state index contributed by atoms with van der Waals surface area (Å²) in [5.74, 6) is -0.205. The Labute approximate surface area is 199 Å². The zero-order valence-electron chi connectivity index (χ0n) is 18.8. The average Bonchev–Trinajstić information content (AvgIpc) is 2.81. The summed E-state index contributed by atoms with van der Waals surface area (Å²) in [5.41, 5.74) is 0.974. The Kier molecular flexibility index (Phi) is 6.71. The minimum absolute atomic E-state index is 0.0174. The number of alkyl halides is 3. The lowest BCUT2D eigenvalue weighted by molar-refractivity contribution is -0.137. The fraction of sp³-hybridized carbons (Fsp3) is 0.350. The number of nitrogens with one attached hydrogen (secondary N) is 3. The van der Waals surface area contributed by atoms with Crippen molar-refractivity contribution in [3.05, 3.63) is 53.2 Å². The van der Waals surface area contributed by atoms with Crippen LogP contribution in [0.3, 0.4) is 0 Å². The van der Waals surface area contributed by atoms with Gasteiger partial charge in [-0.05, 0) is 11.6 Å². The van der Waals surface area contributed by atoms with Crippen molar-refractivity contribution < 1.29 is 21.6 Å². The average molecular weight is 510 g/mol. The highest BCUT2D eigenvalue weighted by atomic mass is 32.2. The molecule has 15 heteroatoms. The molecule has 0 fully saturated rings. The molecule has 4 rings (SSSR count). The van der Waals surface area contributed by atoms with E-state index >= 15 is 0 Å². The number of hydrogen-bond donors (Lipinski definition) is 3. The van der Waals surface area contributed by atoms with Gasteiger partial charge in [-0.2, -0.15) is 18.2 Å². The highest BCUT2D eigenvalue weighted by molar-refractivity contribution is 7.92. The predicted octanol–water partition coefficient (Wildman–Crippen LogP) is 2.08. The van der Waals surface area contributed by atoms with Crippen molar-refractivity contribution in [1.82, 2.24) is 30.2 Å². The number of sulfonamides is 1.